The minimum absolute atomic E-state index is 0.0901. The molecule has 2 aromatic rings. The lowest BCUT2D eigenvalue weighted by Gasteiger charge is -2.09. The first-order chi connectivity index (χ1) is 9.99. The number of anilines is 2. The lowest BCUT2D eigenvalue weighted by Crippen LogP contribution is -2.14. The fraction of sp³-hybridized carbons (Fsp3) is 0.143. The van der Waals surface area contributed by atoms with Crippen molar-refractivity contribution in [2.45, 2.75) is 6.92 Å². The van der Waals surface area contributed by atoms with Crippen molar-refractivity contribution in [3.05, 3.63) is 51.3 Å². The van der Waals surface area contributed by atoms with Crippen LogP contribution in [0.3, 0.4) is 0 Å². The van der Waals surface area contributed by atoms with Gasteiger partial charge in [-0.05, 0) is 37.3 Å². The smallest absolute Gasteiger partial charge is 0.255 e. The van der Waals surface area contributed by atoms with Crippen LogP contribution in [0.4, 0.5) is 15.9 Å². The van der Waals surface area contributed by atoms with Crippen LogP contribution in [0.5, 0.6) is 0 Å². The van der Waals surface area contributed by atoms with E-state index in [0.29, 0.717) is 22.4 Å². The van der Waals surface area contributed by atoms with Gasteiger partial charge in [-0.2, -0.15) is 0 Å². The van der Waals surface area contributed by atoms with Gasteiger partial charge in [-0.25, -0.2) is 9.37 Å². The summed E-state index contributed by atoms with van der Waals surface area (Å²) in [4.78, 5) is 16.2. The third-order valence-electron chi connectivity index (χ3n) is 2.59. The SMILES string of the molecule is CCNc1cc(C(=O)Nc2cc(Br)ccc2F)cc(Cl)n1. The van der Waals surface area contributed by atoms with Gasteiger partial charge in [0, 0.05) is 16.6 Å². The molecule has 2 rings (SSSR count). The second-order valence-corrected chi connectivity index (χ2v) is 5.48. The number of aromatic nitrogens is 1. The summed E-state index contributed by atoms with van der Waals surface area (Å²) in [5.74, 6) is -0.487. The molecule has 0 saturated carbocycles. The number of carbonyl (C=O) groups is 1. The molecular formula is C14H12BrClFN3O. The van der Waals surface area contributed by atoms with Gasteiger partial charge in [0.25, 0.3) is 5.91 Å². The monoisotopic (exact) mass is 371 g/mol. The molecule has 0 aliphatic carbocycles. The van der Waals surface area contributed by atoms with Gasteiger partial charge in [-0.1, -0.05) is 27.5 Å². The van der Waals surface area contributed by atoms with Crippen molar-refractivity contribution < 1.29 is 9.18 Å². The number of halogens is 3. The molecule has 21 heavy (non-hydrogen) atoms. The van der Waals surface area contributed by atoms with Gasteiger partial charge in [0.2, 0.25) is 0 Å². The number of carbonyl (C=O) groups excluding carboxylic acids is 1. The molecule has 0 spiro atoms. The van der Waals surface area contributed by atoms with Crippen molar-refractivity contribution in [1.82, 2.24) is 4.98 Å². The van der Waals surface area contributed by atoms with Crippen LogP contribution in [0.15, 0.2) is 34.8 Å². The van der Waals surface area contributed by atoms with Crippen molar-refractivity contribution in [3.8, 4) is 0 Å². The Morgan fingerprint density at radius 1 is 1.38 bits per heavy atom. The van der Waals surface area contributed by atoms with E-state index in [0.717, 1.165) is 0 Å². The maximum absolute atomic E-state index is 13.6. The van der Waals surface area contributed by atoms with Crippen LogP contribution >= 0.6 is 27.5 Å². The van der Waals surface area contributed by atoms with E-state index < -0.39 is 11.7 Å². The van der Waals surface area contributed by atoms with Crippen LogP contribution in [0.1, 0.15) is 17.3 Å². The summed E-state index contributed by atoms with van der Waals surface area (Å²) in [7, 11) is 0. The van der Waals surface area contributed by atoms with Crippen molar-refractivity contribution in [1.29, 1.82) is 0 Å². The number of nitrogens with one attached hydrogen (secondary N) is 2. The normalized spacial score (nSPS) is 10.3. The molecule has 1 aromatic heterocycles. The standard InChI is InChI=1S/C14H12BrClFN3O/c1-2-18-13-6-8(5-12(16)20-13)14(21)19-11-7-9(15)3-4-10(11)17/h3-7H,2H2,1H3,(H,18,20)(H,19,21). The molecule has 0 radical (unpaired) electrons. The van der Waals surface area contributed by atoms with Crippen LogP contribution in [0, 0.1) is 5.82 Å². The van der Waals surface area contributed by atoms with Gasteiger partial charge < -0.3 is 10.6 Å². The van der Waals surface area contributed by atoms with Gasteiger partial charge in [0.15, 0.2) is 0 Å². The van der Waals surface area contributed by atoms with E-state index >= 15 is 0 Å². The first kappa shape index (κ1) is 15.7. The van der Waals surface area contributed by atoms with Crippen LogP contribution < -0.4 is 10.6 Å². The van der Waals surface area contributed by atoms with Crippen molar-refractivity contribution >= 4 is 44.9 Å². The highest BCUT2D eigenvalue weighted by molar-refractivity contribution is 9.10. The van der Waals surface area contributed by atoms with Gasteiger partial charge in [0.05, 0.1) is 5.69 Å². The van der Waals surface area contributed by atoms with Crippen molar-refractivity contribution in [2.24, 2.45) is 0 Å². The maximum atomic E-state index is 13.6. The third-order valence-corrected chi connectivity index (χ3v) is 3.28. The summed E-state index contributed by atoms with van der Waals surface area (Å²) in [5.41, 5.74) is 0.387. The molecule has 0 unspecified atom stereocenters. The van der Waals surface area contributed by atoms with Crippen molar-refractivity contribution in [2.75, 3.05) is 17.2 Å². The number of nitrogens with zero attached hydrogens (tertiary/aromatic N) is 1. The summed E-state index contributed by atoms with van der Waals surface area (Å²) >= 11 is 9.10. The third kappa shape index (κ3) is 4.15. The summed E-state index contributed by atoms with van der Waals surface area (Å²) in [6.45, 7) is 2.55. The zero-order chi connectivity index (χ0) is 15.4. The summed E-state index contributed by atoms with van der Waals surface area (Å²) in [6, 6.07) is 7.29. The van der Waals surface area contributed by atoms with E-state index in [1.54, 1.807) is 12.1 Å². The van der Waals surface area contributed by atoms with E-state index in [1.165, 1.54) is 18.2 Å². The Morgan fingerprint density at radius 3 is 2.86 bits per heavy atom. The highest BCUT2D eigenvalue weighted by Crippen LogP contribution is 2.21. The fourth-order valence-electron chi connectivity index (χ4n) is 1.69. The number of rotatable bonds is 4. The minimum Gasteiger partial charge on any atom is -0.370 e. The molecule has 0 bridgehead atoms. The molecular weight excluding hydrogens is 361 g/mol. The Labute approximate surface area is 134 Å². The van der Waals surface area contributed by atoms with Crippen LogP contribution in [0.25, 0.3) is 0 Å². The van der Waals surface area contributed by atoms with E-state index in [4.69, 9.17) is 11.6 Å². The molecule has 1 aromatic carbocycles. The van der Waals surface area contributed by atoms with E-state index in [9.17, 15) is 9.18 Å². The molecule has 0 atom stereocenters. The topological polar surface area (TPSA) is 54.0 Å². The quantitative estimate of drug-likeness (QED) is 0.786. The van der Waals surface area contributed by atoms with E-state index in [-0.39, 0.29) is 10.8 Å². The first-order valence-electron chi connectivity index (χ1n) is 6.17. The second kappa shape index (κ2) is 6.87. The molecule has 1 heterocycles. The van der Waals surface area contributed by atoms with Gasteiger partial charge >= 0.3 is 0 Å². The average molecular weight is 373 g/mol. The van der Waals surface area contributed by atoms with Crippen LogP contribution in [-0.4, -0.2) is 17.4 Å². The fourth-order valence-corrected chi connectivity index (χ4v) is 2.26. The maximum Gasteiger partial charge on any atom is 0.255 e. The highest BCUT2D eigenvalue weighted by atomic mass is 79.9. The number of pyridine rings is 1. The molecule has 0 fully saturated rings. The molecule has 0 aliphatic heterocycles. The zero-order valence-corrected chi connectivity index (χ0v) is 13.4. The molecule has 2 N–H and O–H groups in total. The van der Waals surface area contributed by atoms with Gasteiger partial charge in [0.1, 0.15) is 16.8 Å². The van der Waals surface area contributed by atoms with Crippen LogP contribution in [-0.2, 0) is 0 Å². The number of amides is 1. The Kier molecular flexibility index (Phi) is 5.14. The van der Waals surface area contributed by atoms with Crippen LogP contribution in [0.2, 0.25) is 5.15 Å². The summed E-state index contributed by atoms with van der Waals surface area (Å²) in [5, 5.41) is 5.66. The molecule has 0 aliphatic rings. The van der Waals surface area contributed by atoms with E-state index in [2.05, 4.69) is 31.5 Å². The average Bonchev–Trinajstić information content (AvgIpc) is 2.42. The van der Waals surface area contributed by atoms with E-state index in [1.807, 2.05) is 6.92 Å². The summed E-state index contributed by atoms with van der Waals surface area (Å²) < 4.78 is 14.3. The van der Waals surface area contributed by atoms with Gasteiger partial charge in [-0.15, -0.1) is 0 Å². The Bertz CT molecular complexity index is 681. The number of hydrogen-bond donors (Lipinski definition) is 2. The summed E-state index contributed by atoms with van der Waals surface area (Å²) in [6.07, 6.45) is 0. The Balaban J connectivity index is 2.25. The lowest BCUT2D eigenvalue weighted by molar-refractivity contribution is 0.102. The van der Waals surface area contributed by atoms with Crippen molar-refractivity contribution in [3.63, 3.8) is 0 Å². The minimum atomic E-state index is -0.515. The Hall–Kier alpha value is -1.66. The predicted octanol–water partition coefficient (Wildman–Crippen LogP) is 4.32. The largest absolute Gasteiger partial charge is 0.370 e. The number of hydrogen-bond acceptors (Lipinski definition) is 3. The zero-order valence-electron chi connectivity index (χ0n) is 11.1. The number of benzene rings is 1. The second-order valence-electron chi connectivity index (χ2n) is 4.17. The molecule has 1 amide bonds. The molecule has 4 nitrogen and oxygen atoms in total. The molecule has 0 saturated heterocycles. The predicted molar refractivity (Wildman–Crippen MR) is 85.5 cm³/mol. The Morgan fingerprint density at radius 2 is 2.14 bits per heavy atom. The lowest BCUT2D eigenvalue weighted by atomic mass is 10.2. The van der Waals surface area contributed by atoms with Gasteiger partial charge in [-0.3, -0.25) is 4.79 Å². The molecule has 7 heteroatoms. The highest BCUT2D eigenvalue weighted by Gasteiger charge is 2.12. The molecule has 110 valence electrons. The first-order valence-corrected chi connectivity index (χ1v) is 7.34.